The minimum atomic E-state index is -0.161. The van der Waals surface area contributed by atoms with Gasteiger partial charge in [0, 0.05) is 32.7 Å². The number of rotatable bonds is 5. The second kappa shape index (κ2) is 7.36. The Bertz CT molecular complexity index is 284. The van der Waals surface area contributed by atoms with Crippen LogP contribution >= 0.6 is 0 Å². The van der Waals surface area contributed by atoms with E-state index in [0.717, 1.165) is 32.7 Å². The van der Waals surface area contributed by atoms with Gasteiger partial charge in [-0.05, 0) is 12.5 Å². The van der Waals surface area contributed by atoms with E-state index in [-0.39, 0.29) is 18.2 Å². The Kier molecular flexibility index (Phi) is 6.12. The summed E-state index contributed by atoms with van der Waals surface area (Å²) in [6.07, 6.45) is -0.0150. The number of amides is 2. The highest BCUT2D eigenvalue weighted by atomic mass is 16.2. The molecule has 0 aromatic heterocycles. The zero-order valence-corrected chi connectivity index (χ0v) is 11.7. The van der Waals surface area contributed by atoms with Crippen LogP contribution < -0.4 is 5.32 Å². The molecule has 5 nitrogen and oxygen atoms in total. The van der Waals surface area contributed by atoms with Gasteiger partial charge in [-0.2, -0.15) is 0 Å². The van der Waals surface area contributed by atoms with Crippen molar-refractivity contribution in [3.8, 4) is 0 Å². The first-order valence-electron chi connectivity index (χ1n) is 6.79. The van der Waals surface area contributed by atoms with Gasteiger partial charge >= 0.3 is 0 Å². The van der Waals surface area contributed by atoms with Gasteiger partial charge < -0.3 is 15.1 Å². The summed E-state index contributed by atoms with van der Waals surface area (Å²) in [6, 6.07) is 0. The van der Waals surface area contributed by atoms with Gasteiger partial charge in [-0.15, -0.1) is 0 Å². The van der Waals surface area contributed by atoms with Gasteiger partial charge in [0.1, 0.15) is 6.42 Å². The lowest BCUT2D eigenvalue weighted by molar-refractivity contribution is -0.137. The third kappa shape index (κ3) is 5.04. The quantitative estimate of drug-likeness (QED) is 0.720. The molecule has 1 saturated heterocycles. The fourth-order valence-electron chi connectivity index (χ4n) is 1.94. The molecule has 0 aromatic carbocycles. The molecular weight excluding hydrogens is 230 g/mol. The smallest absolute Gasteiger partial charge is 0.232 e. The normalized spacial score (nSPS) is 17.0. The summed E-state index contributed by atoms with van der Waals surface area (Å²) in [7, 11) is 0. The van der Waals surface area contributed by atoms with Crippen LogP contribution in [0, 0.1) is 5.92 Å². The monoisotopic (exact) mass is 255 g/mol. The van der Waals surface area contributed by atoms with Crippen molar-refractivity contribution in [1.29, 1.82) is 0 Å². The minimum Gasteiger partial charge on any atom is -0.355 e. The molecule has 0 unspecified atom stereocenters. The maximum atomic E-state index is 11.9. The van der Waals surface area contributed by atoms with E-state index in [1.807, 2.05) is 13.8 Å². The molecule has 18 heavy (non-hydrogen) atoms. The van der Waals surface area contributed by atoms with Crippen LogP contribution in [0.25, 0.3) is 0 Å². The summed E-state index contributed by atoms with van der Waals surface area (Å²) in [6.45, 7) is 11.2. The van der Waals surface area contributed by atoms with Gasteiger partial charge in [-0.3, -0.25) is 9.59 Å². The Morgan fingerprint density at radius 3 is 2.28 bits per heavy atom. The Labute approximate surface area is 110 Å². The SMILES string of the molecule is CCN1CCN(C(=O)CC(=O)NCC(C)C)CC1. The molecule has 1 aliphatic rings. The molecule has 1 rings (SSSR count). The maximum Gasteiger partial charge on any atom is 0.232 e. The molecule has 1 heterocycles. The Morgan fingerprint density at radius 1 is 1.17 bits per heavy atom. The lowest BCUT2D eigenvalue weighted by atomic mass is 10.2. The average molecular weight is 255 g/mol. The molecule has 1 fully saturated rings. The van der Waals surface area contributed by atoms with Crippen molar-refractivity contribution in [1.82, 2.24) is 15.1 Å². The molecule has 0 spiro atoms. The average Bonchev–Trinajstić information content (AvgIpc) is 2.36. The summed E-state index contributed by atoms with van der Waals surface area (Å²) in [5, 5.41) is 2.78. The van der Waals surface area contributed by atoms with Crippen LogP contribution in [0.5, 0.6) is 0 Å². The molecule has 0 bridgehead atoms. The van der Waals surface area contributed by atoms with Crippen molar-refractivity contribution in [3.63, 3.8) is 0 Å². The number of likely N-dealkylation sites (N-methyl/N-ethyl adjacent to an activating group) is 1. The molecule has 0 radical (unpaired) electrons. The molecule has 1 aliphatic heterocycles. The van der Waals surface area contributed by atoms with Crippen molar-refractivity contribution >= 4 is 11.8 Å². The second-order valence-electron chi connectivity index (χ2n) is 5.19. The Hall–Kier alpha value is -1.10. The largest absolute Gasteiger partial charge is 0.355 e. The predicted molar refractivity (Wildman–Crippen MR) is 71.2 cm³/mol. The number of hydrogen-bond acceptors (Lipinski definition) is 3. The van der Waals surface area contributed by atoms with E-state index in [0.29, 0.717) is 12.5 Å². The van der Waals surface area contributed by atoms with Crippen LogP contribution in [0.15, 0.2) is 0 Å². The number of nitrogens with zero attached hydrogens (tertiary/aromatic N) is 2. The standard InChI is InChI=1S/C13H25N3O2/c1-4-15-5-7-16(8-6-15)13(18)9-12(17)14-10-11(2)3/h11H,4-10H2,1-3H3,(H,14,17). The zero-order chi connectivity index (χ0) is 13.5. The first-order valence-corrected chi connectivity index (χ1v) is 6.79. The summed E-state index contributed by atoms with van der Waals surface area (Å²) < 4.78 is 0. The van der Waals surface area contributed by atoms with E-state index in [2.05, 4.69) is 17.1 Å². The molecule has 1 N–H and O–H groups in total. The van der Waals surface area contributed by atoms with Crippen molar-refractivity contribution in [2.75, 3.05) is 39.3 Å². The van der Waals surface area contributed by atoms with Gasteiger partial charge in [0.2, 0.25) is 11.8 Å². The summed E-state index contributed by atoms with van der Waals surface area (Å²) in [5.41, 5.74) is 0. The van der Waals surface area contributed by atoms with Crippen molar-refractivity contribution in [2.24, 2.45) is 5.92 Å². The molecule has 0 saturated carbocycles. The molecule has 104 valence electrons. The van der Waals surface area contributed by atoms with Crippen LogP contribution in [0.2, 0.25) is 0 Å². The third-order valence-electron chi connectivity index (χ3n) is 3.19. The van der Waals surface area contributed by atoms with E-state index in [1.165, 1.54) is 0 Å². The summed E-state index contributed by atoms with van der Waals surface area (Å²) in [4.78, 5) is 27.5. The van der Waals surface area contributed by atoms with E-state index in [1.54, 1.807) is 4.90 Å². The highest BCUT2D eigenvalue weighted by Gasteiger charge is 2.21. The van der Waals surface area contributed by atoms with Crippen molar-refractivity contribution < 1.29 is 9.59 Å². The number of nitrogens with one attached hydrogen (secondary N) is 1. The topological polar surface area (TPSA) is 52.7 Å². The number of carbonyl (C=O) groups excluding carboxylic acids is 2. The van der Waals surface area contributed by atoms with Crippen LogP contribution in [0.4, 0.5) is 0 Å². The first kappa shape index (κ1) is 15.0. The van der Waals surface area contributed by atoms with Crippen molar-refractivity contribution in [2.45, 2.75) is 27.2 Å². The summed E-state index contributed by atoms with van der Waals surface area (Å²) >= 11 is 0. The van der Waals surface area contributed by atoms with Gasteiger partial charge in [-0.25, -0.2) is 0 Å². The molecule has 2 amide bonds. The Balaban J connectivity index is 2.26. The van der Waals surface area contributed by atoms with E-state index in [4.69, 9.17) is 0 Å². The molecule has 0 atom stereocenters. The predicted octanol–water partition coefficient (Wildman–Crippen LogP) is 0.313. The lowest BCUT2D eigenvalue weighted by Gasteiger charge is -2.34. The van der Waals surface area contributed by atoms with Gasteiger partial charge in [0.25, 0.3) is 0 Å². The molecule has 0 aliphatic carbocycles. The Morgan fingerprint density at radius 2 is 1.78 bits per heavy atom. The second-order valence-corrected chi connectivity index (χ2v) is 5.19. The van der Waals surface area contributed by atoms with Gasteiger partial charge in [0.05, 0.1) is 0 Å². The number of hydrogen-bond donors (Lipinski definition) is 1. The number of piperazine rings is 1. The third-order valence-corrected chi connectivity index (χ3v) is 3.19. The highest BCUT2D eigenvalue weighted by Crippen LogP contribution is 2.03. The number of carbonyl (C=O) groups is 2. The van der Waals surface area contributed by atoms with E-state index < -0.39 is 0 Å². The van der Waals surface area contributed by atoms with E-state index >= 15 is 0 Å². The van der Waals surface area contributed by atoms with E-state index in [9.17, 15) is 9.59 Å². The minimum absolute atomic E-state index is 0.0150. The lowest BCUT2D eigenvalue weighted by Crippen LogP contribution is -2.49. The van der Waals surface area contributed by atoms with Gasteiger partial charge in [0.15, 0.2) is 0 Å². The van der Waals surface area contributed by atoms with Crippen LogP contribution in [0.1, 0.15) is 27.2 Å². The molecule has 0 aromatic rings. The fraction of sp³-hybridized carbons (Fsp3) is 0.846. The maximum absolute atomic E-state index is 11.9. The summed E-state index contributed by atoms with van der Waals surface area (Å²) in [5.74, 6) is 0.204. The molecular formula is C13H25N3O2. The highest BCUT2D eigenvalue weighted by molar-refractivity contribution is 5.96. The van der Waals surface area contributed by atoms with Crippen LogP contribution in [-0.4, -0.2) is 60.9 Å². The van der Waals surface area contributed by atoms with Crippen LogP contribution in [0.3, 0.4) is 0 Å². The fourth-order valence-corrected chi connectivity index (χ4v) is 1.94. The van der Waals surface area contributed by atoms with Crippen molar-refractivity contribution in [3.05, 3.63) is 0 Å². The first-order chi connectivity index (χ1) is 8.52. The zero-order valence-electron chi connectivity index (χ0n) is 11.7. The van der Waals surface area contributed by atoms with Gasteiger partial charge in [-0.1, -0.05) is 20.8 Å². The van der Waals surface area contributed by atoms with Crippen LogP contribution in [-0.2, 0) is 9.59 Å². The molecule has 5 heteroatoms.